The number of nitrogens with zero attached hydrogens (tertiary/aromatic N) is 1. The van der Waals surface area contributed by atoms with Crippen LogP contribution in [0.15, 0.2) is 0 Å². The molecule has 0 aliphatic carbocycles. The van der Waals surface area contributed by atoms with Crippen LogP contribution in [0.2, 0.25) is 0 Å². The molecule has 0 aliphatic rings. The number of carbonyl (C=O) groups is 1. The molecule has 0 heterocycles. The van der Waals surface area contributed by atoms with E-state index in [1.807, 2.05) is 0 Å². The van der Waals surface area contributed by atoms with Crippen molar-refractivity contribution in [1.29, 1.82) is 0 Å². The summed E-state index contributed by atoms with van der Waals surface area (Å²) in [6, 6.07) is 0.352. The van der Waals surface area contributed by atoms with Gasteiger partial charge in [-0.3, -0.25) is 0 Å². The molecule has 0 spiro atoms. The van der Waals surface area contributed by atoms with Crippen LogP contribution in [0.4, 0.5) is 0 Å². The fourth-order valence-electron chi connectivity index (χ4n) is 4.67. The molecule has 33 heavy (non-hydrogen) atoms. The van der Waals surface area contributed by atoms with E-state index in [9.17, 15) is 9.90 Å². The monoisotopic (exact) mass is 491 g/mol. The third-order valence-corrected chi connectivity index (χ3v) is 6.99. The molecular formula is C29H58KNO2. The summed E-state index contributed by atoms with van der Waals surface area (Å²) >= 11 is 0. The number of rotatable bonds is 26. The third kappa shape index (κ3) is 27.5. The summed E-state index contributed by atoms with van der Waals surface area (Å²) in [5.74, 6) is -0.908. The van der Waals surface area contributed by atoms with Crippen LogP contribution in [0.25, 0.3) is 0 Å². The van der Waals surface area contributed by atoms with Crippen molar-refractivity contribution in [3.8, 4) is 0 Å². The summed E-state index contributed by atoms with van der Waals surface area (Å²) < 4.78 is 0. The van der Waals surface area contributed by atoms with Gasteiger partial charge in [0.05, 0.1) is 0 Å². The topological polar surface area (TPSA) is 43.4 Å². The average Bonchev–Trinajstić information content (AvgIpc) is 2.78. The van der Waals surface area contributed by atoms with Crippen LogP contribution in [0, 0.1) is 0 Å². The summed E-state index contributed by atoms with van der Waals surface area (Å²) in [5.41, 5.74) is 0. The second-order valence-electron chi connectivity index (χ2n) is 10.2. The molecule has 0 aliphatic heterocycles. The maximum absolute atomic E-state index is 10.9. The molecule has 0 fully saturated rings. The van der Waals surface area contributed by atoms with Crippen LogP contribution >= 0.6 is 0 Å². The van der Waals surface area contributed by atoms with Gasteiger partial charge in [0.25, 0.3) is 0 Å². The first kappa shape index (κ1) is 36.2. The summed E-state index contributed by atoms with van der Waals surface area (Å²) in [4.78, 5) is 13.4. The van der Waals surface area contributed by atoms with Crippen molar-refractivity contribution < 1.29 is 61.3 Å². The summed E-state index contributed by atoms with van der Waals surface area (Å²) in [5, 5.41) is 10.9. The molecule has 0 N–H and O–H groups in total. The summed E-state index contributed by atoms with van der Waals surface area (Å²) in [6.45, 7) is 9.01. The van der Waals surface area contributed by atoms with Crippen LogP contribution < -0.4 is 56.5 Å². The number of hydrogen-bond acceptors (Lipinski definition) is 3. The zero-order valence-electron chi connectivity index (χ0n) is 23.3. The van der Waals surface area contributed by atoms with Crippen LogP contribution in [0.3, 0.4) is 0 Å². The van der Waals surface area contributed by atoms with Crippen LogP contribution in [-0.4, -0.2) is 30.0 Å². The smallest absolute Gasteiger partial charge is 0.550 e. The van der Waals surface area contributed by atoms with Gasteiger partial charge in [0.1, 0.15) is 0 Å². The van der Waals surface area contributed by atoms with E-state index in [1.165, 1.54) is 128 Å². The van der Waals surface area contributed by atoms with Crippen molar-refractivity contribution >= 4 is 5.97 Å². The zero-order chi connectivity index (χ0) is 23.7. The van der Waals surface area contributed by atoms with Gasteiger partial charge in [-0.25, -0.2) is 0 Å². The minimum absolute atomic E-state index is 0. The Morgan fingerprint density at radius 1 is 0.606 bits per heavy atom. The molecule has 1 atom stereocenters. The van der Waals surface area contributed by atoms with Gasteiger partial charge in [0.2, 0.25) is 0 Å². The van der Waals surface area contributed by atoms with E-state index in [2.05, 4.69) is 25.7 Å². The van der Waals surface area contributed by atoms with Gasteiger partial charge in [-0.15, -0.1) is 0 Å². The van der Waals surface area contributed by atoms with E-state index in [-0.39, 0.29) is 57.8 Å². The van der Waals surface area contributed by atoms with Crippen molar-refractivity contribution in [2.24, 2.45) is 0 Å². The standard InChI is InChI=1S/C29H59NO2.K/c1-4-6-8-10-12-14-16-18-20-22-26-30(28(3)24-25-29(31)32)27-23-21-19-17-15-13-11-9-7-5-2;/h28H,4-27H2,1-3H3,(H,31,32);/q;+1/p-1. The maximum atomic E-state index is 10.9. The Morgan fingerprint density at radius 3 is 1.21 bits per heavy atom. The maximum Gasteiger partial charge on any atom is 1.00 e. The Kier molecular flexibility index (Phi) is 32.2. The van der Waals surface area contributed by atoms with Crippen molar-refractivity contribution in [3.05, 3.63) is 0 Å². The van der Waals surface area contributed by atoms with Crippen LogP contribution in [0.5, 0.6) is 0 Å². The van der Waals surface area contributed by atoms with Gasteiger partial charge in [-0.05, 0) is 45.7 Å². The fourth-order valence-corrected chi connectivity index (χ4v) is 4.67. The minimum Gasteiger partial charge on any atom is -0.550 e. The third-order valence-electron chi connectivity index (χ3n) is 6.99. The largest absolute Gasteiger partial charge is 1.00 e. The van der Waals surface area contributed by atoms with Crippen molar-refractivity contribution in [3.63, 3.8) is 0 Å². The van der Waals surface area contributed by atoms with Gasteiger partial charge in [0, 0.05) is 12.0 Å². The van der Waals surface area contributed by atoms with Crippen molar-refractivity contribution in [2.45, 2.75) is 168 Å². The van der Waals surface area contributed by atoms with Crippen molar-refractivity contribution in [1.82, 2.24) is 4.90 Å². The Bertz CT molecular complexity index is 368. The van der Waals surface area contributed by atoms with E-state index in [0.717, 1.165) is 19.5 Å². The van der Waals surface area contributed by atoms with Crippen molar-refractivity contribution in [2.75, 3.05) is 13.1 Å². The zero-order valence-corrected chi connectivity index (χ0v) is 26.4. The quantitative estimate of drug-likeness (QED) is 0.126. The summed E-state index contributed by atoms with van der Waals surface area (Å²) in [6.07, 6.45) is 28.2. The van der Waals surface area contributed by atoms with E-state index in [0.29, 0.717) is 6.04 Å². The molecular weight excluding hydrogens is 433 g/mol. The fraction of sp³-hybridized carbons (Fsp3) is 0.966. The molecule has 0 aromatic heterocycles. The number of hydrogen-bond donors (Lipinski definition) is 0. The SMILES string of the molecule is CCCCCCCCCCCCN(CCCCCCCCCCCC)C(C)CCC(=O)[O-].[K+]. The molecule has 0 saturated heterocycles. The van der Waals surface area contributed by atoms with E-state index >= 15 is 0 Å². The number of aliphatic carboxylic acids is 1. The summed E-state index contributed by atoms with van der Waals surface area (Å²) in [7, 11) is 0. The number of unbranched alkanes of at least 4 members (excludes halogenated alkanes) is 18. The molecule has 0 aromatic carbocycles. The molecule has 1 unspecified atom stereocenters. The number of carboxylic acids is 1. The van der Waals surface area contributed by atoms with Gasteiger partial charge >= 0.3 is 51.4 Å². The predicted molar refractivity (Wildman–Crippen MR) is 139 cm³/mol. The Balaban J connectivity index is 0. The molecule has 192 valence electrons. The van der Waals surface area contributed by atoms with Crippen LogP contribution in [-0.2, 0) is 4.79 Å². The Labute approximate surface area is 251 Å². The molecule has 0 aromatic rings. The van der Waals surface area contributed by atoms with Gasteiger partial charge in [0.15, 0.2) is 0 Å². The van der Waals surface area contributed by atoms with E-state index in [4.69, 9.17) is 0 Å². The van der Waals surface area contributed by atoms with E-state index in [1.54, 1.807) is 0 Å². The molecule has 0 bridgehead atoms. The Hall–Kier alpha value is 1.07. The number of carbonyl (C=O) groups excluding carboxylic acids is 1. The minimum atomic E-state index is -0.908. The molecule has 4 heteroatoms. The first-order valence-corrected chi connectivity index (χ1v) is 14.6. The molecule has 3 nitrogen and oxygen atoms in total. The van der Waals surface area contributed by atoms with Gasteiger partial charge in [-0.1, -0.05) is 129 Å². The molecule has 0 saturated carbocycles. The van der Waals surface area contributed by atoms with Crippen LogP contribution in [0.1, 0.15) is 162 Å². The van der Waals surface area contributed by atoms with Gasteiger partial charge < -0.3 is 14.8 Å². The Morgan fingerprint density at radius 2 is 0.909 bits per heavy atom. The first-order valence-electron chi connectivity index (χ1n) is 14.6. The normalized spacial score (nSPS) is 12.1. The van der Waals surface area contributed by atoms with Gasteiger partial charge in [-0.2, -0.15) is 0 Å². The molecule has 0 amide bonds. The molecule has 0 rings (SSSR count). The number of carboxylic acid groups (broad SMARTS) is 1. The molecule has 0 radical (unpaired) electrons. The first-order chi connectivity index (χ1) is 15.6. The second-order valence-corrected chi connectivity index (χ2v) is 10.2. The predicted octanol–water partition coefficient (Wildman–Crippen LogP) is 5.05. The second kappa shape index (κ2) is 29.3. The average molecular weight is 492 g/mol. The van der Waals surface area contributed by atoms with E-state index < -0.39 is 5.97 Å².